The minimum Gasteiger partial charge on any atom is -0.465 e. The maximum Gasteiger partial charge on any atom is 0.407 e. The number of fused-ring (bicyclic) bond motifs is 3. The van der Waals surface area contributed by atoms with Gasteiger partial charge in [-0.3, -0.25) is 4.90 Å². The summed E-state index contributed by atoms with van der Waals surface area (Å²) in [5.41, 5.74) is 6.75. The normalized spacial score (nSPS) is 21.5. The number of anilines is 1. The number of hydrogen-bond acceptors (Lipinski definition) is 7. The lowest BCUT2D eigenvalue weighted by Gasteiger charge is -2.40. The van der Waals surface area contributed by atoms with Gasteiger partial charge in [-0.25, -0.2) is 13.6 Å². The van der Waals surface area contributed by atoms with Crippen LogP contribution in [0.2, 0.25) is 16.6 Å². The van der Waals surface area contributed by atoms with Gasteiger partial charge in [0.25, 0.3) is 0 Å². The monoisotopic (exact) mass is 778 g/mol. The summed E-state index contributed by atoms with van der Waals surface area (Å²) in [7, 11) is -2.07. The summed E-state index contributed by atoms with van der Waals surface area (Å²) in [5, 5.41) is 21.7. The third-order valence-corrected chi connectivity index (χ3v) is 19.1. The fourth-order valence-corrected chi connectivity index (χ4v) is 15.4. The molecule has 3 fully saturated rings. The van der Waals surface area contributed by atoms with Crippen molar-refractivity contribution >= 4 is 41.7 Å². The lowest BCUT2D eigenvalue weighted by Crippen LogP contribution is -2.55. The van der Waals surface area contributed by atoms with E-state index in [4.69, 9.17) is 14.7 Å². The van der Waals surface area contributed by atoms with E-state index in [9.17, 15) is 19.6 Å². The van der Waals surface area contributed by atoms with Crippen LogP contribution in [0.25, 0.3) is 32.8 Å². The summed E-state index contributed by atoms with van der Waals surface area (Å²) in [6.07, 6.45) is 0.0626. The van der Waals surface area contributed by atoms with Crippen LogP contribution in [0.3, 0.4) is 0 Å². The number of alkyl halides is 1. The molecule has 4 aromatic rings. The number of benzene rings is 3. The summed E-state index contributed by atoms with van der Waals surface area (Å²) in [5.74, 6) is 3.49. The number of nitriles is 1. The SMILES string of the molecule is CC(C)[Si](C#Cc1cccc2cccc(-c3ccc4c(N5CCN(C(=O)O)[C@@H](CC#N)C5)nc(OC[C@@]56CCCN5C[C@H](F)C6)nc4c3F)c12)(C(C)C)C(C)C. The van der Waals surface area contributed by atoms with E-state index >= 15 is 4.39 Å². The fourth-order valence-electron chi connectivity index (χ4n) is 10.1. The zero-order valence-electron chi connectivity index (χ0n) is 33.3. The number of halogens is 2. The van der Waals surface area contributed by atoms with Gasteiger partial charge >= 0.3 is 12.1 Å². The second-order valence-electron chi connectivity index (χ2n) is 16.8. The van der Waals surface area contributed by atoms with Crippen molar-refractivity contribution in [1.82, 2.24) is 19.8 Å². The highest BCUT2D eigenvalue weighted by atomic mass is 28.3. The zero-order chi connectivity index (χ0) is 39.9. The van der Waals surface area contributed by atoms with Crippen LogP contribution >= 0.6 is 0 Å². The Labute approximate surface area is 329 Å². The third-order valence-electron chi connectivity index (χ3n) is 12.8. The first-order chi connectivity index (χ1) is 26.8. The van der Waals surface area contributed by atoms with E-state index < -0.39 is 37.7 Å². The summed E-state index contributed by atoms with van der Waals surface area (Å²) in [6.45, 7) is 15.7. The predicted molar refractivity (Wildman–Crippen MR) is 220 cm³/mol. The van der Waals surface area contributed by atoms with Crippen molar-refractivity contribution < 1.29 is 23.4 Å². The third kappa shape index (κ3) is 6.96. The molecule has 3 aliphatic heterocycles. The Kier molecular flexibility index (Phi) is 11.0. The Morgan fingerprint density at radius 3 is 2.43 bits per heavy atom. The van der Waals surface area contributed by atoms with E-state index in [1.54, 1.807) is 6.07 Å². The number of rotatable bonds is 9. The van der Waals surface area contributed by atoms with Crippen LogP contribution in [-0.4, -0.2) is 96.1 Å². The first kappa shape index (κ1) is 39.5. The van der Waals surface area contributed by atoms with Crippen LogP contribution in [0.15, 0.2) is 48.5 Å². The summed E-state index contributed by atoms with van der Waals surface area (Å²) < 4.78 is 38.4. The summed E-state index contributed by atoms with van der Waals surface area (Å²) in [6, 6.07) is 17.0. The minimum absolute atomic E-state index is 0.00213. The average molecular weight is 779 g/mol. The van der Waals surface area contributed by atoms with E-state index in [0.29, 0.717) is 51.9 Å². The van der Waals surface area contributed by atoms with Crippen LogP contribution in [-0.2, 0) is 0 Å². The quantitative estimate of drug-likeness (QED) is 0.133. The molecule has 0 radical (unpaired) electrons. The van der Waals surface area contributed by atoms with Crippen molar-refractivity contribution in [3.63, 3.8) is 0 Å². The molecule has 0 bridgehead atoms. The molecule has 3 aliphatic rings. The smallest absolute Gasteiger partial charge is 0.407 e. The van der Waals surface area contributed by atoms with Crippen molar-refractivity contribution in [2.24, 2.45) is 0 Å². The van der Waals surface area contributed by atoms with Crippen molar-refractivity contribution in [1.29, 1.82) is 5.26 Å². The van der Waals surface area contributed by atoms with E-state index in [0.717, 1.165) is 35.7 Å². The molecule has 56 heavy (non-hydrogen) atoms. The van der Waals surface area contributed by atoms with Crippen molar-refractivity contribution in [3.05, 3.63) is 59.9 Å². The number of carboxylic acid groups (broad SMARTS) is 1. The first-order valence-corrected chi connectivity index (χ1v) is 22.2. The Morgan fingerprint density at radius 1 is 1.00 bits per heavy atom. The molecule has 3 saturated heterocycles. The number of nitrogens with zero attached hydrogens (tertiary/aromatic N) is 6. The van der Waals surface area contributed by atoms with Gasteiger partial charge in [0.05, 0.1) is 24.1 Å². The Bertz CT molecular complexity index is 2220. The van der Waals surface area contributed by atoms with Crippen LogP contribution in [0.4, 0.5) is 19.4 Å². The molecule has 1 amide bonds. The number of piperazine rings is 1. The molecule has 3 atom stereocenters. The van der Waals surface area contributed by atoms with E-state index in [-0.39, 0.29) is 44.2 Å². The molecule has 7 rings (SSSR count). The average Bonchev–Trinajstić information content (AvgIpc) is 3.69. The molecule has 4 heterocycles. The van der Waals surface area contributed by atoms with E-state index in [1.165, 1.54) is 4.90 Å². The fraction of sp³-hybridized carbons (Fsp3) is 0.500. The number of hydrogen-bond donors (Lipinski definition) is 1. The van der Waals surface area contributed by atoms with Crippen LogP contribution in [0.5, 0.6) is 6.01 Å². The van der Waals surface area contributed by atoms with Crippen molar-refractivity contribution in [2.45, 2.75) is 102 Å². The highest BCUT2D eigenvalue weighted by Crippen LogP contribution is 2.43. The Morgan fingerprint density at radius 2 is 1.73 bits per heavy atom. The van der Waals surface area contributed by atoms with Crippen LogP contribution in [0.1, 0.15) is 72.8 Å². The van der Waals surface area contributed by atoms with Crippen LogP contribution < -0.4 is 9.64 Å². The van der Waals surface area contributed by atoms with Gasteiger partial charge in [-0.2, -0.15) is 15.2 Å². The maximum absolute atomic E-state index is 17.4. The largest absolute Gasteiger partial charge is 0.465 e. The second kappa shape index (κ2) is 15.6. The van der Waals surface area contributed by atoms with Gasteiger partial charge in [-0.15, -0.1) is 5.54 Å². The highest BCUT2D eigenvalue weighted by molar-refractivity contribution is 6.90. The van der Waals surface area contributed by atoms with Crippen molar-refractivity contribution in [2.75, 3.05) is 44.2 Å². The van der Waals surface area contributed by atoms with E-state index in [2.05, 4.69) is 64.0 Å². The van der Waals surface area contributed by atoms with Crippen LogP contribution in [0, 0.1) is 28.6 Å². The standard InChI is InChI=1S/C44H52F2N6O3Si/c1-28(2)56(29(3)4,30(5)6)23-17-32-11-7-10-31-12-8-13-35(38(31)32)36-14-15-37-40(39(36)46)48-42(55-27-44-18-9-20-51(44)25-33(45)24-44)49-41(37)50-21-22-52(43(53)54)34(26-50)16-19-47/h7-8,10-15,28-30,33-34H,9,16,18,20-22,24-27H2,1-6H3,(H,53,54)/t33-,34+,44+/m1/s1. The molecule has 294 valence electrons. The zero-order valence-corrected chi connectivity index (χ0v) is 34.3. The van der Waals surface area contributed by atoms with E-state index in [1.807, 2.05) is 47.4 Å². The molecule has 0 saturated carbocycles. The molecule has 0 aliphatic carbocycles. The molecule has 9 nitrogen and oxygen atoms in total. The number of carbonyl (C=O) groups is 1. The van der Waals surface area contributed by atoms with Gasteiger partial charge in [-0.1, -0.05) is 83.9 Å². The topological polar surface area (TPSA) is 106 Å². The van der Waals surface area contributed by atoms with Gasteiger partial charge in [0.1, 0.15) is 32.2 Å². The number of aromatic nitrogens is 2. The Hall–Kier alpha value is -4.78. The Balaban J connectivity index is 1.37. The lowest BCUT2D eigenvalue weighted by atomic mass is 9.93. The molecule has 1 N–H and O–H groups in total. The molecule has 0 spiro atoms. The van der Waals surface area contributed by atoms with Crippen molar-refractivity contribution in [3.8, 4) is 34.7 Å². The molecular weight excluding hydrogens is 727 g/mol. The molecule has 1 aromatic heterocycles. The van der Waals surface area contributed by atoms with Gasteiger partial charge in [0.2, 0.25) is 0 Å². The molecule has 12 heteroatoms. The lowest BCUT2D eigenvalue weighted by molar-refractivity contribution is 0.107. The number of ether oxygens (including phenoxy) is 1. The van der Waals surface area contributed by atoms with Gasteiger partial charge in [0, 0.05) is 54.5 Å². The summed E-state index contributed by atoms with van der Waals surface area (Å²) in [4.78, 5) is 26.9. The first-order valence-electron chi connectivity index (χ1n) is 20.0. The van der Waals surface area contributed by atoms with Gasteiger partial charge in [0.15, 0.2) is 5.82 Å². The maximum atomic E-state index is 17.4. The minimum atomic E-state index is -2.07. The van der Waals surface area contributed by atoms with Gasteiger partial charge in [-0.05, 0) is 59.1 Å². The predicted octanol–water partition coefficient (Wildman–Crippen LogP) is 9.20. The highest BCUT2D eigenvalue weighted by Gasteiger charge is 2.49. The molecule has 3 aromatic carbocycles. The number of amides is 1. The summed E-state index contributed by atoms with van der Waals surface area (Å²) >= 11 is 0. The molecule has 0 unspecified atom stereocenters. The van der Waals surface area contributed by atoms with Gasteiger partial charge < -0.3 is 19.6 Å². The molecular formula is C44H52F2N6O3Si. The second-order valence-corrected chi connectivity index (χ2v) is 22.4.